The topological polar surface area (TPSA) is 114 Å². The van der Waals surface area contributed by atoms with Gasteiger partial charge in [0, 0.05) is 11.9 Å². The Morgan fingerprint density at radius 1 is 1.25 bits per heavy atom. The van der Waals surface area contributed by atoms with Crippen LogP contribution in [0.25, 0.3) is 5.69 Å². The van der Waals surface area contributed by atoms with E-state index in [0.29, 0.717) is 11.4 Å². The minimum absolute atomic E-state index is 0.444. The lowest BCUT2D eigenvalue weighted by Crippen LogP contribution is -2.28. The molecule has 20 heavy (non-hydrogen) atoms. The Bertz CT molecular complexity index is 747. The highest BCUT2D eigenvalue weighted by molar-refractivity contribution is 7.89. The van der Waals surface area contributed by atoms with Gasteiger partial charge in [0.25, 0.3) is 0 Å². The molecule has 1 heterocycles. The second kappa shape index (κ2) is 4.99. The molecule has 7 nitrogen and oxygen atoms in total. The maximum atomic E-state index is 11.4. The molecule has 1 aromatic carbocycles. The molecule has 0 fully saturated rings. The molecule has 0 radical (unpaired) electrons. The zero-order valence-electron chi connectivity index (χ0n) is 10.4. The normalized spacial score (nSPS) is 11.3. The summed E-state index contributed by atoms with van der Waals surface area (Å²) in [4.78, 5) is 10.7. The number of methoxy groups -OCH3 is 1. The van der Waals surface area contributed by atoms with Gasteiger partial charge < -0.3 is 19.2 Å². The first kappa shape index (κ1) is 14.1. The first-order valence-electron chi connectivity index (χ1n) is 5.44. The number of nitrogens with zero attached hydrogens (tertiary/aromatic N) is 1. The molecule has 106 valence electrons. The third kappa shape index (κ3) is 2.51. The van der Waals surface area contributed by atoms with Crippen LogP contribution in [0.4, 0.5) is 0 Å². The fraction of sp³-hybridized carbons (Fsp3) is 0.0833. The van der Waals surface area contributed by atoms with Crippen molar-refractivity contribution in [3.8, 4) is 11.4 Å². The van der Waals surface area contributed by atoms with E-state index in [1.807, 2.05) is 0 Å². The van der Waals surface area contributed by atoms with E-state index < -0.39 is 26.6 Å². The van der Waals surface area contributed by atoms with Gasteiger partial charge in [0.1, 0.15) is 10.6 Å². The van der Waals surface area contributed by atoms with Crippen LogP contribution in [0.5, 0.6) is 5.75 Å². The number of carboxylic acid groups (broad SMARTS) is 1. The molecule has 0 unspecified atom stereocenters. The van der Waals surface area contributed by atoms with E-state index in [-0.39, 0.29) is 0 Å². The Labute approximate surface area is 115 Å². The molecule has 0 bridgehead atoms. The molecule has 2 aromatic rings. The smallest absolute Gasteiger partial charge is 0.240 e. The number of aromatic nitrogens is 1. The Morgan fingerprint density at radius 2 is 1.85 bits per heavy atom. The molecule has 8 heteroatoms. The molecule has 2 N–H and O–H groups in total. The van der Waals surface area contributed by atoms with E-state index in [9.17, 15) is 18.3 Å². The van der Waals surface area contributed by atoms with Crippen LogP contribution in [0.2, 0.25) is 0 Å². The van der Waals surface area contributed by atoms with E-state index in [2.05, 4.69) is 0 Å². The van der Waals surface area contributed by atoms with Gasteiger partial charge in [0.2, 0.25) is 10.0 Å². The third-order valence-corrected chi connectivity index (χ3v) is 3.64. The molecule has 2 rings (SSSR count). The van der Waals surface area contributed by atoms with Crippen molar-refractivity contribution in [2.75, 3.05) is 7.11 Å². The average Bonchev–Trinajstić information content (AvgIpc) is 2.83. The highest BCUT2D eigenvalue weighted by Crippen LogP contribution is 2.22. The van der Waals surface area contributed by atoms with Crippen molar-refractivity contribution in [3.63, 3.8) is 0 Å². The van der Waals surface area contributed by atoms with Crippen molar-refractivity contribution in [1.29, 1.82) is 0 Å². The van der Waals surface area contributed by atoms with Crippen LogP contribution < -0.4 is 15.0 Å². The molecular formula is C12H11N2O5S-. The lowest BCUT2D eigenvalue weighted by molar-refractivity contribution is -0.256. The quantitative estimate of drug-likeness (QED) is 0.816. The van der Waals surface area contributed by atoms with Crippen LogP contribution in [0, 0.1) is 0 Å². The predicted molar refractivity (Wildman–Crippen MR) is 68.0 cm³/mol. The fourth-order valence-corrected chi connectivity index (χ4v) is 2.50. The monoisotopic (exact) mass is 295 g/mol. The molecule has 0 atom stereocenters. The van der Waals surface area contributed by atoms with E-state index in [0.717, 1.165) is 6.07 Å². The van der Waals surface area contributed by atoms with E-state index >= 15 is 0 Å². The van der Waals surface area contributed by atoms with Crippen molar-refractivity contribution in [2.24, 2.45) is 5.14 Å². The van der Waals surface area contributed by atoms with Crippen molar-refractivity contribution < 1.29 is 23.1 Å². The summed E-state index contributed by atoms with van der Waals surface area (Å²) in [7, 11) is -2.65. The van der Waals surface area contributed by atoms with Gasteiger partial charge in [-0.05, 0) is 30.3 Å². The zero-order valence-corrected chi connectivity index (χ0v) is 11.3. The van der Waals surface area contributed by atoms with Gasteiger partial charge in [-0.1, -0.05) is 0 Å². The van der Waals surface area contributed by atoms with Crippen LogP contribution in [0.3, 0.4) is 0 Å². The summed E-state index contributed by atoms with van der Waals surface area (Å²) in [5.74, 6) is -1.04. The minimum atomic E-state index is -4.14. The van der Waals surface area contributed by atoms with Crippen molar-refractivity contribution in [2.45, 2.75) is 4.90 Å². The Balaban J connectivity index is 2.62. The molecule has 0 aliphatic heterocycles. The Hall–Kier alpha value is -2.32. The summed E-state index contributed by atoms with van der Waals surface area (Å²) in [6, 6.07) is 7.51. The van der Waals surface area contributed by atoms with Crippen LogP contribution in [-0.2, 0) is 10.0 Å². The largest absolute Gasteiger partial charge is 0.543 e. The van der Waals surface area contributed by atoms with Crippen LogP contribution in [-0.4, -0.2) is 26.1 Å². The summed E-state index contributed by atoms with van der Waals surface area (Å²) >= 11 is 0. The van der Waals surface area contributed by atoms with Gasteiger partial charge in [-0.15, -0.1) is 0 Å². The second-order valence-electron chi connectivity index (χ2n) is 3.93. The Morgan fingerprint density at radius 3 is 2.30 bits per heavy atom. The van der Waals surface area contributed by atoms with E-state index in [4.69, 9.17) is 9.88 Å². The maximum Gasteiger partial charge on any atom is 0.240 e. The van der Waals surface area contributed by atoms with Crippen LogP contribution in [0.15, 0.2) is 41.4 Å². The number of carbonyl (C=O) groups excluding carboxylic acids is 1. The second-order valence-corrected chi connectivity index (χ2v) is 5.46. The highest BCUT2D eigenvalue weighted by Gasteiger charge is 2.19. The Kier molecular flexibility index (Phi) is 3.51. The number of hydrogen-bond donors (Lipinski definition) is 1. The van der Waals surface area contributed by atoms with Gasteiger partial charge in [0.05, 0.1) is 18.8 Å². The minimum Gasteiger partial charge on any atom is -0.543 e. The SMILES string of the molecule is COc1ccc(-n2ccc(S(N)(=O)=O)c2C(=O)[O-])cc1. The van der Waals surface area contributed by atoms with Gasteiger partial charge in [-0.3, -0.25) is 0 Å². The molecular weight excluding hydrogens is 284 g/mol. The van der Waals surface area contributed by atoms with Crippen molar-refractivity contribution in [1.82, 2.24) is 4.57 Å². The third-order valence-electron chi connectivity index (χ3n) is 2.70. The van der Waals surface area contributed by atoms with Gasteiger partial charge in [-0.2, -0.15) is 0 Å². The number of aromatic carboxylic acids is 1. The fourth-order valence-electron chi connectivity index (χ4n) is 1.80. The number of ether oxygens (including phenoxy) is 1. The first-order chi connectivity index (χ1) is 9.34. The van der Waals surface area contributed by atoms with Gasteiger partial charge in [0.15, 0.2) is 0 Å². The number of sulfonamides is 1. The maximum absolute atomic E-state index is 11.4. The zero-order chi connectivity index (χ0) is 14.9. The first-order valence-corrected chi connectivity index (χ1v) is 6.99. The van der Waals surface area contributed by atoms with Crippen molar-refractivity contribution in [3.05, 3.63) is 42.2 Å². The molecule has 0 spiro atoms. The molecule has 0 aliphatic rings. The van der Waals surface area contributed by atoms with Crippen molar-refractivity contribution >= 4 is 16.0 Å². The lowest BCUT2D eigenvalue weighted by atomic mass is 10.3. The van der Waals surface area contributed by atoms with E-state index in [1.54, 1.807) is 24.3 Å². The summed E-state index contributed by atoms with van der Waals surface area (Å²) in [6.07, 6.45) is 1.30. The lowest BCUT2D eigenvalue weighted by Gasteiger charge is -2.12. The van der Waals surface area contributed by atoms with Gasteiger partial charge >= 0.3 is 0 Å². The highest BCUT2D eigenvalue weighted by atomic mass is 32.2. The number of benzene rings is 1. The van der Waals surface area contributed by atoms with Crippen LogP contribution >= 0.6 is 0 Å². The van der Waals surface area contributed by atoms with E-state index in [1.165, 1.54) is 17.9 Å². The molecule has 0 saturated heterocycles. The molecule has 0 aliphatic carbocycles. The summed E-state index contributed by atoms with van der Waals surface area (Å²) in [5.41, 5.74) is -0.0717. The number of hydrogen-bond acceptors (Lipinski definition) is 5. The average molecular weight is 295 g/mol. The molecule has 0 saturated carbocycles. The van der Waals surface area contributed by atoms with Crippen LogP contribution in [0.1, 0.15) is 10.5 Å². The number of primary sulfonamides is 1. The number of rotatable bonds is 4. The summed E-state index contributed by atoms with van der Waals surface area (Å²) < 4.78 is 28.9. The summed E-state index contributed by atoms with van der Waals surface area (Å²) in [5, 5.41) is 16.2. The number of carbonyl (C=O) groups is 1. The predicted octanol–water partition coefficient (Wildman–Crippen LogP) is -0.503. The number of carboxylic acids is 1. The number of nitrogens with two attached hydrogens (primary N) is 1. The molecule has 1 aromatic heterocycles. The van der Waals surface area contributed by atoms with Gasteiger partial charge in [-0.25, -0.2) is 13.6 Å². The molecule has 0 amide bonds. The standard InChI is InChI=1S/C12H12N2O5S/c1-19-9-4-2-8(3-5-9)14-7-6-10(20(13,17)18)11(14)12(15)16/h2-7H,1H3,(H,15,16)(H2,13,17,18)/p-1. The summed E-state index contributed by atoms with van der Waals surface area (Å²) in [6.45, 7) is 0.